The summed E-state index contributed by atoms with van der Waals surface area (Å²) in [6.07, 6.45) is 4.67. The zero-order valence-corrected chi connectivity index (χ0v) is 19.0. The molecule has 34 heavy (non-hydrogen) atoms. The maximum atomic E-state index is 12.4. The molecule has 0 unspecified atom stereocenters. The molecule has 0 aromatic carbocycles. The van der Waals surface area contributed by atoms with E-state index in [1.54, 1.807) is 18.3 Å². The summed E-state index contributed by atoms with van der Waals surface area (Å²) in [5.41, 5.74) is 1.18. The van der Waals surface area contributed by atoms with Gasteiger partial charge in [0.25, 0.3) is 11.8 Å². The molecule has 2 amide bonds. The molecule has 3 aromatic heterocycles. The van der Waals surface area contributed by atoms with Gasteiger partial charge in [0.15, 0.2) is 11.6 Å². The molecular formula is C22H25N7O5. The van der Waals surface area contributed by atoms with E-state index < -0.39 is 0 Å². The van der Waals surface area contributed by atoms with Crippen LogP contribution >= 0.6 is 0 Å². The number of hydrogen-bond donors (Lipinski definition) is 3. The lowest BCUT2D eigenvalue weighted by atomic mass is 10.2. The Morgan fingerprint density at radius 3 is 2.79 bits per heavy atom. The highest BCUT2D eigenvalue weighted by atomic mass is 16.5. The first-order chi connectivity index (χ1) is 16.5. The van der Waals surface area contributed by atoms with Crippen molar-refractivity contribution in [3.05, 3.63) is 36.0 Å². The van der Waals surface area contributed by atoms with Crippen molar-refractivity contribution in [2.75, 3.05) is 31.4 Å². The number of methoxy groups -OCH3 is 1. The van der Waals surface area contributed by atoms with Crippen LogP contribution in [-0.2, 0) is 16.1 Å². The average molecular weight is 467 g/mol. The van der Waals surface area contributed by atoms with E-state index >= 15 is 0 Å². The second-order valence-electron chi connectivity index (χ2n) is 7.47. The second-order valence-corrected chi connectivity index (χ2v) is 7.47. The molecule has 1 aliphatic carbocycles. The Hall–Kier alpha value is -4.06. The fourth-order valence-electron chi connectivity index (χ4n) is 3.18. The predicted octanol–water partition coefficient (Wildman–Crippen LogP) is 2.52. The predicted molar refractivity (Wildman–Crippen MR) is 122 cm³/mol. The number of amides is 2. The summed E-state index contributed by atoms with van der Waals surface area (Å²) in [6.45, 7) is 2.59. The smallest absolute Gasteiger partial charge is 0.254 e. The third-order valence-electron chi connectivity index (χ3n) is 5.08. The van der Waals surface area contributed by atoms with Gasteiger partial charge in [0.1, 0.15) is 12.4 Å². The molecule has 3 aromatic rings. The van der Waals surface area contributed by atoms with E-state index in [0.29, 0.717) is 47.0 Å². The molecule has 0 aliphatic heterocycles. The van der Waals surface area contributed by atoms with E-state index in [1.807, 2.05) is 6.92 Å². The van der Waals surface area contributed by atoms with Crippen molar-refractivity contribution in [3.63, 3.8) is 0 Å². The average Bonchev–Trinajstić information content (AvgIpc) is 3.60. The van der Waals surface area contributed by atoms with Crippen LogP contribution in [0, 0.1) is 5.92 Å². The Kier molecular flexibility index (Phi) is 6.97. The second kappa shape index (κ2) is 10.3. The molecule has 0 saturated heterocycles. The maximum absolute atomic E-state index is 12.4. The van der Waals surface area contributed by atoms with E-state index in [0.717, 1.165) is 12.8 Å². The summed E-state index contributed by atoms with van der Waals surface area (Å²) in [6, 6.07) is 3.26. The Morgan fingerprint density at radius 2 is 2.09 bits per heavy atom. The monoisotopic (exact) mass is 467 g/mol. The van der Waals surface area contributed by atoms with Crippen molar-refractivity contribution < 1.29 is 23.6 Å². The summed E-state index contributed by atoms with van der Waals surface area (Å²) in [5.74, 6) is 1.17. The number of hydrogen-bond acceptors (Lipinski definition) is 10. The minimum Gasteiger partial charge on any atom is -0.492 e. The standard InChI is InChI=1S/C22H25N7O5/c1-4-33-11-17-28-19(29-34-17)13-7-8-24-20(18(13)32-3)26-15-9-16(27-21(30)12-5-6-12)25-10-14(15)22(31)23-2/h7-10,12H,4-6,11H2,1-3H3,(H,23,31)(H2,24,25,26,27,30). The molecule has 1 aliphatic rings. The molecule has 3 N–H and O–H groups in total. The van der Waals surface area contributed by atoms with Gasteiger partial charge in [-0.05, 0) is 25.8 Å². The Balaban J connectivity index is 1.66. The summed E-state index contributed by atoms with van der Waals surface area (Å²) < 4.78 is 16.1. The van der Waals surface area contributed by atoms with E-state index in [2.05, 4.69) is 36.1 Å². The van der Waals surface area contributed by atoms with Crippen molar-refractivity contribution in [2.24, 2.45) is 5.92 Å². The van der Waals surface area contributed by atoms with Crippen LogP contribution in [0.3, 0.4) is 0 Å². The number of aromatic nitrogens is 4. The lowest BCUT2D eigenvalue weighted by Gasteiger charge is -2.15. The first-order valence-electron chi connectivity index (χ1n) is 10.8. The van der Waals surface area contributed by atoms with E-state index in [9.17, 15) is 9.59 Å². The van der Waals surface area contributed by atoms with Crippen LogP contribution in [0.1, 0.15) is 36.0 Å². The van der Waals surface area contributed by atoms with Gasteiger partial charge in [-0.3, -0.25) is 9.59 Å². The fourth-order valence-corrected chi connectivity index (χ4v) is 3.18. The molecule has 178 valence electrons. The van der Waals surface area contributed by atoms with Crippen LogP contribution in [0.2, 0.25) is 0 Å². The van der Waals surface area contributed by atoms with Crippen LogP contribution in [0.5, 0.6) is 5.75 Å². The van der Waals surface area contributed by atoms with Crippen molar-refractivity contribution >= 4 is 29.1 Å². The fraction of sp³-hybridized carbons (Fsp3) is 0.364. The Bertz CT molecular complexity index is 1190. The van der Waals surface area contributed by atoms with Crippen LogP contribution in [0.15, 0.2) is 29.0 Å². The van der Waals surface area contributed by atoms with E-state index in [-0.39, 0.29) is 29.9 Å². The molecule has 1 saturated carbocycles. The normalized spacial score (nSPS) is 12.8. The quantitative estimate of drug-likeness (QED) is 0.405. The van der Waals surface area contributed by atoms with Crippen molar-refractivity contribution in [3.8, 4) is 17.1 Å². The van der Waals surface area contributed by atoms with Crippen molar-refractivity contribution in [1.82, 2.24) is 25.4 Å². The highest BCUT2D eigenvalue weighted by Gasteiger charge is 2.30. The zero-order chi connectivity index (χ0) is 24.1. The highest BCUT2D eigenvalue weighted by molar-refractivity contribution is 6.01. The first kappa shape index (κ1) is 23.1. The van der Waals surface area contributed by atoms with Crippen molar-refractivity contribution in [1.29, 1.82) is 0 Å². The van der Waals surface area contributed by atoms with E-state index in [4.69, 9.17) is 14.0 Å². The molecular weight excluding hydrogens is 442 g/mol. The molecule has 1 fully saturated rings. The van der Waals surface area contributed by atoms with Gasteiger partial charge in [0.05, 0.1) is 23.9 Å². The SMILES string of the molecule is CCOCc1nc(-c2ccnc(Nc3cc(NC(=O)C4CC4)ncc3C(=O)NC)c2OC)no1. The number of nitrogens with one attached hydrogen (secondary N) is 3. The Morgan fingerprint density at radius 1 is 1.26 bits per heavy atom. The molecule has 0 bridgehead atoms. The van der Waals surface area contributed by atoms with Gasteiger partial charge < -0.3 is 29.9 Å². The zero-order valence-electron chi connectivity index (χ0n) is 19.0. The topological polar surface area (TPSA) is 153 Å². The van der Waals surface area contributed by atoms with Gasteiger partial charge in [-0.1, -0.05) is 5.16 Å². The molecule has 3 heterocycles. The lowest BCUT2D eigenvalue weighted by molar-refractivity contribution is -0.117. The third-order valence-corrected chi connectivity index (χ3v) is 5.08. The first-order valence-corrected chi connectivity index (χ1v) is 10.8. The third kappa shape index (κ3) is 5.12. The lowest BCUT2D eigenvalue weighted by Crippen LogP contribution is -2.20. The van der Waals surface area contributed by atoms with Crippen LogP contribution in [0.25, 0.3) is 11.4 Å². The van der Waals surface area contributed by atoms with Gasteiger partial charge in [-0.25, -0.2) is 9.97 Å². The number of nitrogens with zero attached hydrogens (tertiary/aromatic N) is 4. The van der Waals surface area contributed by atoms with Crippen molar-refractivity contribution in [2.45, 2.75) is 26.4 Å². The number of pyridine rings is 2. The minimum absolute atomic E-state index is 0.0119. The van der Waals surface area contributed by atoms with E-state index in [1.165, 1.54) is 20.4 Å². The molecule has 12 nitrogen and oxygen atoms in total. The summed E-state index contributed by atoms with van der Waals surface area (Å²) >= 11 is 0. The molecule has 12 heteroatoms. The molecule has 4 rings (SSSR count). The van der Waals surface area contributed by atoms with Gasteiger partial charge >= 0.3 is 0 Å². The van der Waals surface area contributed by atoms with Crippen LogP contribution < -0.4 is 20.7 Å². The largest absolute Gasteiger partial charge is 0.492 e. The van der Waals surface area contributed by atoms with Gasteiger partial charge in [-0.15, -0.1) is 0 Å². The van der Waals surface area contributed by atoms with Gasteiger partial charge in [-0.2, -0.15) is 4.98 Å². The molecule has 0 radical (unpaired) electrons. The number of carbonyl (C=O) groups is 2. The molecule has 0 atom stereocenters. The van der Waals surface area contributed by atoms with Gasteiger partial charge in [0, 0.05) is 38.0 Å². The number of ether oxygens (including phenoxy) is 2. The number of rotatable bonds is 10. The Labute approximate surface area is 195 Å². The number of carbonyl (C=O) groups excluding carboxylic acids is 2. The van der Waals surface area contributed by atoms with Crippen LogP contribution in [0.4, 0.5) is 17.3 Å². The minimum atomic E-state index is -0.357. The van der Waals surface area contributed by atoms with Crippen LogP contribution in [-0.4, -0.2) is 52.7 Å². The highest BCUT2D eigenvalue weighted by Crippen LogP contribution is 2.36. The molecule has 0 spiro atoms. The summed E-state index contributed by atoms with van der Waals surface area (Å²) in [5, 5.41) is 12.5. The summed E-state index contributed by atoms with van der Waals surface area (Å²) in [7, 11) is 3.00. The summed E-state index contributed by atoms with van der Waals surface area (Å²) in [4.78, 5) is 37.5. The number of anilines is 3. The maximum Gasteiger partial charge on any atom is 0.254 e. The van der Waals surface area contributed by atoms with Gasteiger partial charge in [0.2, 0.25) is 11.7 Å².